The van der Waals surface area contributed by atoms with Gasteiger partial charge in [-0.3, -0.25) is 4.79 Å². The van der Waals surface area contributed by atoms with E-state index in [0.717, 1.165) is 0 Å². The van der Waals surface area contributed by atoms with E-state index in [1.165, 1.54) is 23.5 Å². The summed E-state index contributed by atoms with van der Waals surface area (Å²) in [6, 6.07) is 2.95. The zero-order chi connectivity index (χ0) is 18.8. The van der Waals surface area contributed by atoms with E-state index < -0.39 is 10.0 Å². The number of carbonyl (C=O) groups excluding carboxylic acids is 1. The number of benzene rings is 1. The van der Waals surface area contributed by atoms with Crippen LogP contribution in [0.15, 0.2) is 12.1 Å². The summed E-state index contributed by atoms with van der Waals surface area (Å²) in [7, 11) is -0.161. The summed E-state index contributed by atoms with van der Waals surface area (Å²) in [5.41, 5.74) is 6.45. The van der Waals surface area contributed by atoms with Gasteiger partial charge in [-0.15, -0.1) is 12.4 Å². The molecule has 26 heavy (non-hydrogen) atoms. The van der Waals surface area contributed by atoms with E-state index in [9.17, 15) is 13.2 Å². The summed E-state index contributed by atoms with van der Waals surface area (Å²) in [6.07, 6.45) is 1.18. The van der Waals surface area contributed by atoms with Crippen LogP contribution in [0.25, 0.3) is 0 Å². The number of halogens is 2. The highest BCUT2D eigenvalue weighted by atomic mass is 35.5. The molecule has 0 spiro atoms. The largest absolute Gasteiger partial charge is 0.496 e. The first-order valence-electron chi connectivity index (χ1n) is 8.09. The molecule has 10 heteroatoms. The monoisotopic (exact) mass is 425 g/mol. The van der Waals surface area contributed by atoms with Crippen molar-refractivity contribution >= 4 is 45.6 Å². The van der Waals surface area contributed by atoms with Crippen molar-refractivity contribution in [3.63, 3.8) is 0 Å². The number of nitrogen functional groups attached to an aromatic ring is 1. The molecular formula is C16H25Cl2N3O4S. The predicted octanol–water partition coefficient (Wildman–Crippen LogP) is 2.24. The molecule has 1 aliphatic heterocycles. The Labute approximate surface area is 165 Å². The molecule has 0 atom stereocenters. The van der Waals surface area contributed by atoms with Gasteiger partial charge in [-0.2, -0.15) is 0 Å². The number of methoxy groups -OCH3 is 1. The Morgan fingerprint density at radius 2 is 1.96 bits per heavy atom. The van der Waals surface area contributed by atoms with Crippen LogP contribution in [0, 0.1) is 0 Å². The molecule has 0 saturated carbocycles. The summed E-state index contributed by atoms with van der Waals surface area (Å²) in [4.78, 5) is 14.5. The Balaban J connectivity index is 0.00000338. The zero-order valence-corrected chi connectivity index (χ0v) is 17.5. The third-order valence-corrected chi connectivity index (χ3v) is 6.85. The number of sulfonamides is 1. The fourth-order valence-electron chi connectivity index (χ4n) is 2.94. The van der Waals surface area contributed by atoms with Crippen LogP contribution in [0.1, 0.15) is 30.1 Å². The number of piperidine rings is 1. The molecule has 0 bridgehead atoms. The number of amides is 1. The molecule has 0 aromatic heterocycles. The minimum Gasteiger partial charge on any atom is -0.496 e. The summed E-state index contributed by atoms with van der Waals surface area (Å²) in [6.45, 7) is 2.57. The van der Waals surface area contributed by atoms with Gasteiger partial charge in [-0.05, 0) is 25.8 Å². The average Bonchev–Trinajstić information content (AvgIpc) is 2.62. The minimum atomic E-state index is -3.23. The highest BCUT2D eigenvalue weighted by Crippen LogP contribution is 2.30. The van der Waals surface area contributed by atoms with E-state index in [1.807, 2.05) is 0 Å². The van der Waals surface area contributed by atoms with Gasteiger partial charge in [0, 0.05) is 32.2 Å². The van der Waals surface area contributed by atoms with E-state index in [0.29, 0.717) is 48.0 Å². The molecule has 1 amide bonds. The van der Waals surface area contributed by atoms with Crippen molar-refractivity contribution in [1.29, 1.82) is 0 Å². The lowest BCUT2D eigenvalue weighted by atomic mass is 10.0. The van der Waals surface area contributed by atoms with E-state index in [4.69, 9.17) is 22.1 Å². The van der Waals surface area contributed by atoms with Crippen LogP contribution in [0.4, 0.5) is 5.69 Å². The number of rotatable bonds is 5. The normalized spacial score (nSPS) is 15.7. The fourth-order valence-corrected chi connectivity index (χ4v) is 4.17. The van der Waals surface area contributed by atoms with Crippen LogP contribution in [0.5, 0.6) is 5.75 Å². The van der Waals surface area contributed by atoms with E-state index in [2.05, 4.69) is 0 Å². The van der Waals surface area contributed by atoms with E-state index in [-0.39, 0.29) is 30.1 Å². The molecule has 0 unspecified atom stereocenters. The average molecular weight is 426 g/mol. The molecule has 0 aliphatic carbocycles. The maximum absolute atomic E-state index is 12.8. The minimum absolute atomic E-state index is 0. The van der Waals surface area contributed by atoms with Gasteiger partial charge in [0.2, 0.25) is 10.0 Å². The Bertz CT molecular complexity index is 750. The number of hydrogen-bond donors (Lipinski definition) is 1. The molecule has 1 saturated heterocycles. The summed E-state index contributed by atoms with van der Waals surface area (Å²) in [5, 5.41) is 0.299. The number of likely N-dealkylation sites (tertiary alicyclic amines) is 1. The van der Waals surface area contributed by atoms with Crippen LogP contribution in [-0.2, 0) is 10.0 Å². The smallest absolute Gasteiger partial charge is 0.257 e. The molecule has 1 aromatic rings. The van der Waals surface area contributed by atoms with Gasteiger partial charge in [0.05, 0.1) is 29.1 Å². The van der Waals surface area contributed by atoms with Crippen molar-refractivity contribution in [2.24, 2.45) is 0 Å². The maximum atomic E-state index is 12.8. The van der Waals surface area contributed by atoms with E-state index in [1.54, 1.807) is 18.9 Å². The quantitative estimate of drug-likeness (QED) is 0.729. The molecule has 1 heterocycles. The third-order valence-electron chi connectivity index (χ3n) is 4.62. The molecular weight excluding hydrogens is 401 g/mol. The Morgan fingerprint density at radius 1 is 1.38 bits per heavy atom. The van der Waals surface area contributed by atoms with Crippen LogP contribution in [0.3, 0.4) is 0 Å². The van der Waals surface area contributed by atoms with Crippen LogP contribution < -0.4 is 10.5 Å². The second kappa shape index (κ2) is 9.12. The fraction of sp³-hybridized carbons (Fsp3) is 0.562. The summed E-state index contributed by atoms with van der Waals surface area (Å²) < 4.78 is 30.6. The number of nitrogens with two attached hydrogens (primary N) is 1. The van der Waals surface area contributed by atoms with Crippen molar-refractivity contribution in [2.45, 2.75) is 25.8 Å². The lowest BCUT2D eigenvalue weighted by Gasteiger charge is -2.36. The Kier molecular flexibility index (Phi) is 8.01. The summed E-state index contributed by atoms with van der Waals surface area (Å²) in [5.74, 6) is 0.252. The lowest BCUT2D eigenvalue weighted by molar-refractivity contribution is 0.0683. The first-order chi connectivity index (χ1) is 11.7. The first kappa shape index (κ1) is 22.8. The molecule has 7 nitrogen and oxygen atoms in total. The van der Waals surface area contributed by atoms with Crippen LogP contribution in [0.2, 0.25) is 5.02 Å². The number of nitrogens with zero attached hydrogens (tertiary/aromatic N) is 2. The molecule has 1 aliphatic rings. The topological polar surface area (TPSA) is 92.9 Å². The number of anilines is 1. The Hall–Kier alpha value is -1.22. The van der Waals surface area contributed by atoms with Gasteiger partial charge < -0.3 is 15.4 Å². The molecule has 148 valence electrons. The number of hydrogen-bond acceptors (Lipinski definition) is 5. The van der Waals surface area contributed by atoms with Gasteiger partial charge in [-0.25, -0.2) is 12.7 Å². The van der Waals surface area contributed by atoms with Crippen molar-refractivity contribution < 1.29 is 17.9 Å². The van der Waals surface area contributed by atoms with Crippen LogP contribution in [-0.4, -0.2) is 62.6 Å². The molecule has 0 radical (unpaired) electrons. The zero-order valence-electron chi connectivity index (χ0n) is 15.1. The van der Waals surface area contributed by atoms with Crippen molar-refractivity contribution in [1.82, 2.24) is 9.21 Å². The van der Waals surface area contributed by atoms with Crippen molar-refractivity contribution in [3.05, 3.63) is 22.7 Å². The van der Waals surface area contributed by atoms with Crippen molar-refractivity contribution in [2.75, 3.05) is 38.7 Å². The highest BCUT2D eigenvalue weighted by molar-refractivity contribution is 7.89. The maximum Gasteiger partial charge on any atom is 0.257 e. The second-order valence-corrected chi connectivity index (χ2v) is 8.74. The molecule has 2 rings (SSSR count). The molecule has 2 N–H and O–H groups in total. The van der Waals surface area contributed by atoms with E-state index >= 15 is 0 Å². The first-order valence-corrected chi connectivity index (χ1v) is 10.1. The van der Waals surface area contributed by atoms with Gasteiger partial charge in [0.1, 0.15) is 5.75 Å². The standard InChI is InChI=1S/C16H24ClN3O4S.ClH/c1-4-25(22,23)19(2)11-5-7-20(8-6-11)16(21)12-9-13(17)14(18)10-15(12)24-3;/h9-11H,4-8,18H2,1-3H3;1H. The van der Waals surface area contributed by atoms with Crippen molar-refractivity contribution in [3.8, 4) is 5.75 Å². The van der Waals surface area contributed by atoms with Gasteiger partial charge in [0.15, 0.2) is 0 Å². The molecule has 1 aromatic carbocycles. The Morgan fingerprint density at radius 3 is 2.46 bits per heavy atom. The molecule has 1 fully saturated rings. The number of ether oxygens (including phenoxy) is 1. The highest BCUT2D eigenvalue weighted by Gasteiger charge is 2.31. The SMILES string of the molecule is CCS(=O)(=O)N(C)C1CCN(C(=O)c2cc(Cl)c(N)cc2OC)CC1.Cl. The second-order valence-electron chi connectivity index (χ2n) is 6.01. The van der Waals surface area contributed by atoms with Gasteiger partial charge in [0.25, 0.3) is 5.91 Å². The van der Waals surface area contributed by atoms with Gasteiger partial charge in [-0.1, -0.05) is 11.6 Å². The number of carbonyl (C=O) groups is 1. The van der Waals surface area contributed by atoms with Crippen LogP contribution >= 0.6 is 24.0 Å². The predicted molar refractivity (Wildman–Crippen MR) is 106 cm³/mol. The van der Waals surface area contributed by atoms with Gasteiger partial charge >= 0.3 is 0 Å². The summed E-state index contributed by atoms with van der Waals surface area (Å²) >= 11 is 6.03. The lowest BCUT2D eigenvalue weighted by Crippen LogP contribution is -2.47. The third kappa shape index (κ3) is 4.73.